The summed E-state index contributed by atoms with van der Waals surface area (Å²) in [5.74, 6) is 0.310. The minimum atomic E-state index is -4.07. The number of carbonyl (C=O) groups excluding carboxylic acids is 1. The van der Waals surface area contributed by atoms with Crippen molar-refractivity contribution in [2.24, 2.45) is 0 Å². The number of nitrogens with zero attached hydrogens (tertiary/aromatic N) is 2. The molecule has 0 atom stereocenters. The SMILES string of the molecule is C=C(Cc1nc(CCCCCCCC(F)(F)F)no1)C(=O)OC(C)(C)C. The number of aryl methyl sites for hydroxylation is 1. The van der Waals surface area contributed by atoms with E-state index in [0.717, 1.165) is 19.3 Å². The van der Waals surface area contributed by atoms with Crippen LogP contribution in [0.3, 0.4) is 0 Å². The fourth-order valence-electron chi connectivity index (χ4n) is 2.21. The summed E-state index contributed by atoms with van der Waals surface area (Å²) < 4.78 is 46.3. The molecule has 0 aliphatic heterocycles. The molecule has 1 rings (SSSR count). The lowest BCUT2D eigenvalue weighted by Crippen LogP contribution is -2.25. The molecule has 0 aliphatic rings. The van der Waals surface area contributed by atoms with Gasteiger partial charge in [0, 0.05) is 18.4 Å². The zero-order valence-electron chi connectivity index (χ0n) is 15.6. The number of halogens is 3. The summed E-state index contributed by atoms with van der Waals surface area (Å²) in [6.45, 7) is 8.99. The quantitative estimate of drug-likeness (QED) is 0.328. The Morgan fingerprint density at radius 3 is 2.35 bits per heavy atom. The van der Waals surface area contributed by atoms with Crippen LogP contribution in [0.25, 0.3) is 0 Å². The van der Waals surface area contributed by atoms with Gasteiger partial charge in [0.15, 0.2) is 5.82 Å². The van der Waals surface area contributed by atoms with Crippen molar-refractivity contribution in [1.29, 1.82) is 0 Å². The first kappa shape index (κ1) is 22.2. The highest BCUT2D eigenvalue weighted by molar-refractivity contribution is 5.88. The molecule has 0 saturated heterocycles. The third-order valence-electron chi connectivity index (χ3n) is 3.42. The van der Waals surface area contributed by atoms with Gasteiger partial charge < -0.3 is 9.26 Å². The second-order valence-corrected chi connectivity index (χ2v) is 7.27. The second-order valence-electron chi connectivity index (χ2n) is 7.27. The number of carbonyl (C=O) groups is 1. The van der Waals surface area contributed by atoms with Crippen molar-refractivity contribution in [1.82, 2.24) is 10.1 Å². The highest BCUT2D eigenvalue weighted by Gasteiger charge is 2.25. The standard InChI is InChI=1S/C18H27F3N2O3/c1-13(16(24)25-17(2,3)4)12-15-22-14(23-26-15)10-8-6-5-7-9-11-18(19,20)21/h1,5-12H2,2-4H3. The molecule has 0 aliphatic carbocycles. The highest BCUT2D eigenvalue weighted by atomic mass is 19.4. The van der Waals surface area contributed by atoms with E-state index in [1.54, 1.807) is 20.8 Å². The van der Waals surface area contributed by atoms with Gasteiger partial charge in [-0.15, -0.1) is 0 Å². The van der Waals surface area contributed by atoms with Crippen molar-refractivity contribution in [3.05, 3.63) is 23.9 Å². The van der Waals surface area contributed by atoms with Crippen molar-refractivity contribution >= 4 is 5.97 Å². The largest absolute Gasteiger partial charge is 0.457 e. The molecule has 1 heterocycles. The zero-order valence-corrected chi connectivity index (χ0v) is 15.6. The van der Waals surface area contributed by atoms with Gasteiger partial charge in [-0.1, -0.05) is 31.0 Å². The first-order valence-electron chi connectivity index (χ1n) is 8.75. The molecule has 0 spiro atoms. The normalized spacial score (nSPS) is 12.2. The van der Waals surface area contributed by atoms with Gasteiger partial charge in [-0.05, 0) is 33.6 Å². The van der Waals surface area contributed by atoms with Crippen LogP contribution in [0.4, 0.5) is 13.2 Å². The van der Waals surface area contributed by atoms with Crippen LogP contribution in [-0.2, 0) is 22.4 Å². The van der Waals surface area contributed by atoms with Crippen molar-refractivity contribution in [2.45, 2.75) is 83.9 Å². The van der Waals surface area contributed by atoms with E-state index in [0.29, 0.717) is 24.6 Å². The van der Waals surface area contributed by atoms with Crippen LogP contribution in [0.1, 0.15) is 71.0 Å². The Labute approximate surface area is 152 Å². The summed E-state index contributed by atoms with van der Waals surface area (Å²) in [7, 11) is 0. The van der Waals surface area contributed by atoms with Crippen molar-refractivity contribution in [2.75, 3.05) is 0 Å². The molecular formula is C18H27F3N2O3. The number of esters is 1. The van der Waals surface area contributed by atoms with E-state index in [-0.39, 0.29) is 18.4 Å². The average molecular weight is 376 g/mol. The maximum Gasteiger partial charge on any atom is 0.389 e. The molecule has 0 aromatic carbocycles. The van der Waals surface area contributed by atoms with Crippen molar-refractivity contribution < 1.29 is 27.2 Å². The maximum absolute atomic E-state index is 12.0. The van der Waals surface area contributed by atoms with Gasteiger partial charge in [-0.2, -0.15) is 18.2 Å². The Morgan fingerprint density at radius 1 is 1.12 bits per heavy atom. The predicted octanol–water partition coefficient (Wildman–Crippen LogP) is 4.96. The summed E-state index contributed by atoms with van der Waals surface area (Å²) in [5, 5.41) is 3.84. The van der Waals surface area contributed by atoms with Crippen molar-refractivity contribution in [3.8, 4) is 0 Å². The number of unbranched alkanes of at least 4 members (excludes halogenated alkanes) is 4. The van der Waals surface area contributed by atoms with Crippen LogP contribution in [0, 0.1) is 0 Å². The molecule has 1 aromatic rings. The molecular weight excluding hydrogens is 349 g/mol. The molecule has 0 amide bonds. The van der Waals surface area contributed by atoms with Gasteiger partial charge in [0.25, 0.3) is 0 Å². The Kier molecular flexibility index (Phi) is 8.30. The summed E-state index contributed by atoms with van der Waals surface area (Å²) in [4.78, 5) is 16.0. The predicted molar refractivity (Wildman–Crippen MR) is 90.4 cm³/mol. The summed E-state index contributed by atoms with van der Waals surface area (Å²) in [5.41, 5.74) is -0.361. The van der Waals surface area contributed by atoms with Crippen LogP contribution in [0.2, 0.25) is 0 Å². The van der Waals surface area contributed by atoms with Gasteiger partial charge in [0.2, 0.25) is 5.89 Å². The summed E-state index contributed by atoms with van der Waals surface area (Å²) >= 11 is 0. The van der Waals surface area contributed by atoms with Gasteiger partial charge >= 0.3 is 12.1 Å². The minimum absolute atomic E-state index is 0.124. The van der Waals surface area contributed by atoms with E-state index < -0.39 is 24.2 Å². The van der Waals surface area contributed by atoms with Gasteiger partial charge in [0.05, 0.1) is 6.42 Å². The molecule has 0 saturated carbocycles. The van der Waals surface area contributed by atoms with Crippen LogP contribution in [-0.4, -0.2) is 27.9 Å². The lowest BCUT2D eigenvalue weighted by atomic mass is 10.1. The molecule has 0 N–H and O–H groups in total. The first-order chi connectivity index (χ1) is 12.0. The Morgan fingerprint density at radius 2 is 1.73 bits per heavy atom. The number of rotatable bonds is 10. The smallest absolute Gasteiger partial charge is 0.389 e. The van der Waals surface area contributed by atoms with E-state index in [1.165, 1.54) is 0 Å². The monoisotopic (exact) mass is 376 g/mol. The average Bonchev–Trinajstić information content (AvgIpc) is 2.90. The topological polar surface area (TPSA) is 65.2 Å². The Hall–Kier alpha value is -1.86. The third kappa shape index (κ3) is 10.2. The number of hydrogen-bond acceptors (Lipinski definition) is 5. The first-order valence-corrected chi connectivity index (χ1v) is 8.75. The van der Waals surface area contributed by atoms with Gasteiger partial charge in [-0.25, -0.2) is 4.79 Å². The zero-order chi connectivity index (χ0) is 19.8. The van der Waals surface area contributed by atoms with Gasteiger partial charge in [-0.3, -0.25) is 0 Å². The molecule has 8 heteroatoms. The molecule has 26 heavy (non-hydrogen) atoms. The Bertz CT molecular complexity index is 589. The van der Waals surface area contributed by atoms with E-state index in [4.69, 9.17) is 9.26 Å². The van der Waals surface area contributed by atoms with E-state index in [1.807, 2.05) is 0 Å². The van der Waals surface area contributed by atoms with Crippen LogP contribution in [0.5, 0.6) is 0 Å². The highest BCUT2D eigenvalue weighted by Crippen LogP contribution is 2.23. The number of aromatic nitrogens is 2. The van der Waals surface area contributed by atoms with Crippen LogP contribution >= 0.6 is 0 Å². The maximum atomic E-state index is 12.0. The lowest BCUT2D eigenvalue weighted by molar-refractivity contribution is -0.150. The van der Waals surface area contributed by atoms with Crippen molar-refractivity contribution in [3.63, 3.8) is 0 Å². The second kappa shape index (κ2) is 9.73. The number of alkyl halides is 3. The van der Waals surface area contributed by atoms with Crippen LogP contribution in [0.15, 0.2) is 16.7 Å². The molecule has 0 radical (unpaired) electrons. The molecule has 1 aromatic heterocycles. The summed E-state index contributed by atoms with van der Waals surface area (Å²) in [6, 6.07) is 0. The van der Waals surface area contributed by atoms with E-state index in [2.05, 4.69) is 16.7 Å². The van der Waals surface area contributed by atoms with E-state index >= 15 is 0 Å². The number of ether oxygens (including phenoxy) is 1. The fourth-order valence-corrected chi connectivity index (χ4v) is 2.21. The molecule has 0 unspecified atom stereocenters. The van der Waals surface area contributed by atoms with Gasteiger partial charge in [0.1, 0.15) is 5.60 Å². The number of hydrogen-bond donors (Lipinski definition) is 0. The fraction of sp³-hybridized carbons (Fsp3) is 0.722. The molecule has 5 nitrogen and oxygen atoms in total. The summed E-state index contributed by atoms with van der Waals surface area (Å²) in [6.07, 6.45) is -1.01. The lowest BCUT2D eigenvalue weighted by Gasteiger charge is -2.19. The molecule has 148 valence electrons. The van der Waals surface area contributed by atoms with E-state index in [9.17, 15) is 18.0 Å². The van der Waals surface area contributed by atoms with Crippen LogP contribution < -0.4 is 0 Å². The Balaban J connectivity index is 2.24. The minimum Gasteiger partial charge on any atom is -0.457 e. The molecule has 0 bridgehead atoms. The third-order valence-corrected chi connectivity index (χ3v) is 3.42. The molecule has 0 fully saturated rings.